The number of halogens is 2. The Morgan fingerprint density at radius 3 is 2.33 bits per heavy atom. The average molecular weight is 330 g/mol. The van der Waals surface area contributed by atoms with Gasteiger partial charge in [0.1, 0.15) is 0 Å². The van der Waals surface area contributed by atoms with Gasteiger partial charge in [0, 0.05) is 20.0 Å². The molecule has 0 spiro atoms. The standard InChI is InChI=1S/C12H9ClIN/c13-9-4-6-11(7-5-9)15-12-3-1-2-10(14)8-12/h1-8,15H. The van der Waals surface area contributed by atoms with Gasteiger partial charge in [-0.15, -0.1) is 0 Å². The van der Waals surface area contributed by atoms with Gasteiger partial charge in [-0.3, -0.25) is 0 Å². The highest BCUT2D eigenvalue weighted by Crippen LogP contribution is 2.20. The van der Waals surface area contributed by atoms with E-state index in [2.05, 4.69) is 40.0 Å². The molecule has 2 rings (SSSR count). The fourth-order valence-corrected chi connectivity index (χ4v) is 1.94. The Hall–Kier alpha value is -0.740. The van der Waals surface area contributed by atoms with Crippen molar-refractivity contribution in [2.75, 3.05) is 5.32 Å². The Morgan fingerprint density at radius 2 is 1.67 bits per heavy atom. The molecular formula is C12H9ClIN. The van der Waals surface area contributed by atoms with Gasteiger partial charge in [-0.25, -0.2) is 0 Å². The van der Waals surface area contributed by atoms with Crippen molar-refractivity contribution in [2.45, 2.75) is 0 Å². The van der Waals surface area contributed by atoms with Crippen LogP contribution in [0.2, 0.25) is 5.02 Å². The van der Waals surface area contributed by atoms with Gasteiger partial charge in [0.2, 0.25) is 0 Å². The first kappa shape index (κ1) is 10.8. The molecule has 0 fully saturated rings. The lowest BCUT2D eigenvalue weighted by molar-refractivity contribution is 1.53. The van der Waals surface area contributed by atoms with Crippen molar-refractivity contribution >= 4 is 45.6 Å². The van der Waals surface area contributed by atoms with Crippen molar-refractivity contribution in [1.29, 1.82) is 0 Å². The highest BCUT2D eigenvalue weighted by molar-refractivity contribution is 14.1. The van der Waals surface area contributed by atoms with E-state index in [1.54, 1.807) is 0 Å². The first-order chi connectivity index (χ1) is 7.24. The molecule has 2 aromatic rings. The van der Waals surface area contributed by atoms with E-state index in [0.29, 0.717) is 0 Å². The molecule has 15 heavy (non-hydrogen) atoms. The Bertz CT molecular complexity index is 453. The van der Waals surface area contributed by atoms with Crippen LogP contribution in [0, 0.1) is 3.57 Å². The zero-order valence-electron chi connectivity index (χ0n) is 7.87. The van der Waals surface area contributed by atoms with Gasteiger partial charge in [0.25, 0.3) is 0 Å². The van der Waals surface area contributed by atoms with Crippen molar-refractivity contribution in [3.8, 4) is 0 Å². The summed E-state index contributed by atoms with van der Waals surface area (Å²) in [6, 6.07) is 15.9. The van der Waals surface area contributed by atoms with Gasteiger partial charge in [-0.05, 0) is 65.1 Å². The molecule has 0 bridgehead atoms. The van der Waals surface area contributed by atoms with Crippen molar-refractivity contribution in [3.05, 3.63) is 57.1 Å². The van der Waals surface area contributed by atoms with E-state index in [4.69, 9.17) is 11.6 Å². The summed E-state index contributed by atoms with van der Waals surface area (Å²) in [6.45, 7) is 0. The van der Waals surface area contributed by atoms with Crippen LogP contribution in [-0.4, -0.2) is 0 Å². The second kappa shape index (κ2) is 4.86. The first-order valence-electron chi connectivity index (χ1n) is 4.52. The number of rotatable bonds is 2. The van der Waals surface area contributed by atoms with Crippen LogP contribution >= 0.6 is 34.2 Å². The van der Waals surface area contributed by atoms with E-state index in [9.17, 15) is 0 Å². The summed E-state index contributed by atoms with van der Waals surface area (Å²) in [4.78, 5) is 0. The highest BCUT2D eigenvalue weighted by atomic mass is 127. The molecule has 0 aliphatic rings. The predicted octanol–water partition coefficient (Wildman–Crippen LogP) is 4.69. The molecule has 3 heteroatoms. The third-order valence-electron chi connectivity index (χ3n) is 1.96. The van der Waals surface area contributed by atoms with Crippen LogP contribution in [0.3, 0.4) is 0 Å². The maximum absolute atomic E-state index is 5.81. The second-order valence-corrected chi connectivity index (χ2v) is 4.82. The molecule has 2 aromatic carbocycles. The lowest BCUT2D eigenvalue weighted by Gasteiger charge is -2.06. The molecule has 76 valence electrons. The minimum absolute atomic E-state index is 0.753. The van der Waals surface area contributed by atoms with Gasteiger partial charge in [0.15, 0.2) is 0 Å². The summed E-state index contributed by atoms with van der Waals surface area (Å²) in [5, 5.41) is 4.06. The maximum Gasteiger partial charge on any atom is 0.0407 e. The summed E-state index contributed by atoms with van der Waals surface area (Å²) in [5.41, 5.74) is 2.13. The molecule has 0 aromatic heterocycles. The van der Waals surface area contributed by atoms with Crippen LogP contribution in [0.25, 0.3) is 0 Å². The molecule has 0 radical (unpaired) electrons. The zero-order valence-corrected chi connectivity index (χ0v) is 10.8. The summed E-state index contributed by atoms with van der Waals surface area (Å²) in [5.74, 6) is 0. The van der Waals surface area contributed by atoms with E-state index in [-0.39, 0.29) is 0 Å². The van der Waals surface area contributed by atoms with Crippen LogP contribution < -0.4 is 5.32 Å². The van der Waals surface area contributed by atoms with Crippen molar-refractivity contribution in [2.24, 2.45) is 0 Å². The number of hydrogen-bond donors (Lipinski definition) is 1. The lowest BCUT2D eigenvalue weighted by atomic mass is 10.3. The fraction of sp³-hybridized carbons (Fsp3) is 0. The van der Waals surface area contributed by atoms with Crippen LogP contribution in [0.5, 0.6) is 0 Å². The molecule has 0 saturated heterocycles. The smallest absolute Gasteiger partial charge is 0.0407 e. The minimum Gasteiger partial charge on any atom is -0.355 e. The molecule has 1 N–H and O–H groups in total. The Morgan fingerprint density at radius 1 is 0.933 bits per heavy atom. The van der Waals surface area contributed by atoms with E-state index in [0.717, 1.165) is 16.4 Å². The largest absolute Gasteiger partial charge is 0.355 e. The van der Waals surface area contributed by atoms with Crippen LogP contribution in [0.4, 0.5) is 11.4 Å². The fourth-order valence-electron chi connectivity index (χ4n) is 1.27. The second-order valence-electron chi connectivity index (χ2n) is 3.14. The third kappa shape index (κ3) is 3.11. The molecule has 0 aliphatic carbocycles. The molecule has 0 heterocycles. The number of nitrogens with one attached hydrogen (secondary N) is 1. The maximum atomic E-state index is 5.81. The molecule has 0 saturated carbocycles. The van der Waals surface area contributed by atoms with Gasteiger partial charge < -0.3 is 5.32 Å². The first-order valence-corrected chi connectivity index (χ1v) is 5.98. The van der Waals surface area contributed by atoms with E-state index in [1.165, 1.54) is 3.57 Å². The number of anilines is 2. The Kier molecular flexibility index (Phi) is 3.49. The third-order valence-corrected chi connectivity index (χ3v) is 2.88. The zero-order chi connectivity index (χ0) is 10.7. The molecule has 0 aliphatic heterocycles. The minimum atomic E-state index is 0.753. The SMILES string of the molecule is Clc1ccc(Nc2cccc(I)c2)cc1. The molecule has 0 atom stereocenters. The average Bonchev–Trinajstić information content (AvgIpc) is 2.22. The van der Waals surface area contributed by atoms with Gasteiger partial charge in [-0.2, -0.15) is 0 Å². The van der Waals surface area contributed by atoms with Crippen LogP contribution in [-0.2, 0) is 0 Å². The quantitative estimate of drug-likeness (QED) is 0.788. The van der Waals surface area contributed by atoms with Gasteiger partial charge in [-0.1, -0.05) is 17.7 Å². The molecule has 0 amide bonds. The summed E-state index contributed by atoms with van der Waals surface area (Å²) < 4.78 is 1.21. The topological polar surface area (TPSA) is 12.0 Å². The van der Waals surface area contributed by atoms with Crippen molar-refractivity contribution < 1.29 is 0 Å². The molecule has 0 unspecified atom stereocenters. The van der Waals surface area contributed by atoms with E-state index >= 15 is 0 Å². The van der Waals surface area contributed by atoms with Gasteiger partial charge in [0.05, 0.1) is 0 Å². The Balaban J connectivity index is 2.18. The van der Waals surface area contributed by atoms with Crippen LogP contribution in [0.1, 0.15) is 0 Å². The Labute approximate surface area is 108 Å². The predicted molar refractivity (Wildman–Crippen MR) is 73.9 cm³/mol. The lowest BCUT2D eigenvalue weighted by Crippen LogP contribution is -1.89. The van der Waals surface area contributed by atoms with E-state index < -0.39 is 0 Å². The number of benzene rings is 2. The monoisotopic (exact) mass is 329 g/mol. The van der Waals surface area contributed by atoms with E-state index in [1.807, 2.05) is 36.4 Å². The van der Waals surface area contributed by atoms with Gasteiger partial charge >= 0.3 is 0 Å². The summed E-state index contributed by atoms with van der Waals surface area (Å²) in [6.07, 6.45) is 0. The van der Waals surface area contributed by atoms with Crippen molar-refractivity contribution in [3.63, 3.8) is 0 Å². The molecule has 1 nitrogen and oxygen atoms in total. The van der Waals surface area contributed by atoms with Crippen molar-refractivity contribution in [1.82, 2.24) is 0 Å². The van der Waals surface area contributed by atoms with Crippen LogP contribution in [0.15, 0.2) is 48.5 Å². The number of hydrogen-bond acceptors (Lipinski definition) is 1. The molecular weight excluding hydrogens is 320 g/mol. The summed E-state index contributed by atoms with van der Waals surface area (Å²) in [7, 11) is 0. The highest BCUT2D eigenvalue weighted by Gasteiger charge is 1.95. The normalized spacial score (nSPS) is 10.0. The summed E-state index contributed by atoms with van der Waals surface area (Å²) >= 11 is 8.10.